The van der Waals surface area contributed by atoms with Crippen LogP contribution in [0.3, 0.4) is 0 Å². The first kappa shape index (κ1) is 11.1. The maximum absolute atomic E-state index is 9.26. The van der Waals surface area contributed by atoms with Crippen LogP contribution in [0.25, 0.3) is 0 Å². The number of hydrogen-bond acceptors (Lipinski definition) is 5. The predicted octanol–water partition coefficient (Wildman–Crippen LogP) is 0.869. The maximum Gasteiger partial charge on any atom is 0.149 e. The molecular weight excluding hydrogens is 204 g/mol. The summed E-state index contributed by atoms with van der Waals surface area (Å²) in [5, 5.41) is 12.4. The topological polar surface area (TPSA) is 61.3 Å². The molecule has 1 aromatic rings. The Kier molecular flexibility index (Phi) is 3.56. The third-order valence-electron chi connectivity index (χ3n) is 2.86. The second-order valence-electron chi connectivity index (χ2n) is 3.96. The van der Waals surface area contributed by atoms with Crippen LogP contribution in [0.2, 0.25) is 0 Å². The van der Waals surface area contributed by atoms with Crippen molar-refractivity contribution < 1.29 is 5.11 Å². The summed E-state index contributed by atoms with van der Waals surface area (Å²) >= 11 is 0. The molecule has 16 heavy (non-hydrogen) atoms. The van der Waals surface area contributed by atoms with Gasteiger partial charge in [0.2, 0.25) is 0 Å². The summed E-state index contributed by atoms with van der Waals surface area (Å²) in [6, 6.07) is 0.200. The Morgan fingerprint density at radius 1 is 1.56 bits per heavy atom. The Morgan fingerprint density at radius 3 is 3.19 bits per heavy atom. The van der Waals surface area contributed by atoms with E-state index in [0.29, 0.717) is 0 Å². The maximum atomic E-state index is 9.26. The van der Waals surface area contributed by atoms with Crippen molar-refractivity contribution in [3.05, 3.63) is 12.4 Å². The van der Waals surface area contributed by atoms with Crippen molar-refractivity contribution in [1.82, 2.24) is 9.97 Å². The van der Waals surface area contributed by atoms with Crippen LogP contribution in [0.15, 0.2) is 12.4 Å². The fourth-order valence-electron chi connectivity index (χ4n) is 2.09. The van der Waals surface area contributed by atoms with E-state index in [2.05, 4.69) is 20.2 Å². The third kappa shape index (κ3) is 2.24. The van der Waals surface area contributed by atoms with Gasteiger partial charge in [0.1, 0.15) is 11.6 Å². The van der Waals surface area contributed by atoms with Crippen molar-refractivity contribution in [2.45, 2.75) is 25.8 Å². The Morgan fingerprint density at radius 2 is 2.44 bits per heavy atom. The van der Waals surface area contributed by atoms with Crippen LogP contribution in [0.5, 0.6) is 0 Å². The zero-order chi connectivity index (χ0) is 11.4. The van der Waals surface area contributed by atoms with Crippen molar-refractivity contribution in [2.24, 2.45) is 0 Å². The molecule has 1 fully saturated rings. The van der Waals surface area contributed by atoms with E-state index in [1.165, 1.54) is 0 Å². The zero-order valence-corrected chi connectivity index (χ0v) is 9.56. The Hall–Kier alpha value is -1.36. The molecule has 1 atom stereocenters. The van der Waals surface area contributed by atoms with Crippen molar-refractivity contribution in [2.75, 3.05) is 29.9 Å². The van der Waals surface area contributed by atoms with Crippen molar-refractivity contribution in [3.63, 3.8) is 0 Å². The highest BCUT2D eigenvalue weighted by Gasteiger charge is 2.25. The summed E-state index contributed by atoms with van der Waals surface area (Å²) in [7, 11) is 0. The van der Waals surface area contributed by atoms with E-state index < -0.39 is 0 Å². The zero-order valence-electron chi connectivity index (χ0n) is 9.56. The van der Waals surface area contributed by atoms with Crippen molar-refractivity contribution in [3.8, 4) is 0 Å². The minimum absolute atomic E-state index is 0.188. The summed E-state index contributed by atoms with van der Waals surface area (Å²) < 4.78 is 0. The summed E-state index contributed by atoms with van der Waals surface area (Å²) in [5.74, 6) is 1.65. The van der Waals surface area contributed by atoms with E-state index in [0.717, 1.165) is 37.6 Å². The van der Waals surface area contributed by atoms with Crippen LogP contribution in [-0.4, -0.2) is 40.8 Å². The first-order valence-corrected chi connectivity index (χ1v) is 5.78. The molecule has 1 unspecified atom stereocenters. The fraction of sp³-hybridized carbons (Fsp3) is 0.636. The number of anilines is 2. The molecule has 1 aliphatic rings. The predicted molar refractivity (Wildman–Crippen MR) is 63.6 cm³/mol. The quantitative estimate of drug-likeness (QED) is 0.791. The minimum atomic E-state index is 0.188. The van der Waals surface area contributed by atoms with E-state index in [9.17, 15) is 5.11 Å². The molecule has 0 saturated carbocycles. The second-order valence-corrected chi connectivity index (χ2v) is 3.96. The van der Waals surface area contributed by atoms with Crippen LogP contribution in [0.1, 0.15) is 19.8 Å². The molecule has 1 saturated heterocycles. The van der Waals surface area contributed by atoms with Crippen molar-refractivity contribution >= 4 is 11.6 Å². The van der Waals surface area contributed by atoms with Gasteiger partial charge in [0.25, 0.3) is 0 Å². The van der Waals surface area contributed by atoms with E-state index in [-0.39, 0.29) is 12.6 Å². The molecule has 0 amide bonds. The van der Waals surface area contributed by atoms with Gasteiger partial charge in [-0.1, -0.05) is 0 Å². The van der Waals surface area contributed by atoms with Gasteiger partial charge in [0, 0.05) is 13.1 Å². The number of aliphatic hydroxyl groups excluding tert-OH is 1. The van der Waals surface area contributed by atoms with Gasteiger partial charge < -0.3 is 15.3 Å². The van der Waals surface area contributed by atoms with Crippen LogP contribution in [0, 0.1) is 0 Å². The molecule has 5 heteroatoms. The Balaban J connectivity index is 2.16. The normalized spacial score (nSPS) is 20.1. The second kappa shape index (κ2) is 5.12. The smallest absolute Gasteiger partial charge is 0.149 e. The highest BCUT2D eigenvalue weighted by atomic mass is 16.3. The van der Waals surface area contributed by atoms with Gasteiger partial charge in [-0.15, -0.1) is 0 Å². The van der Waals surface area contributed by atoms with Gasteiger partial charge in [-0.2, -0.15) is 0 Å². The summed E-state index contributed by atoms with van der Waals surface area (Å²) in [5.41, 5.74) is 0. The number of aliphatic hydroxyl groups is 1. The minimum Gasteiger partial charge on any atom is -0.394 e. The van der Waals surface area contributed by atoms with E-state index in [1.807, 2.05) is 6.92 Å². The number of aromatic nitrogens is 2. The molecule has 88 valence electrons. The lowest BCUT2D eigenvalue weighted by atomic mass is 10.2. The van der Waals surface area contributed by atoms with Crippen LogP contribution in [-0.2, 0) is 0 Å². The Labute approximate surface area is 95.5 Å². The van der Waals surface area contributed by atoms with Gasteiger partial charge in [0.05, 0.1) is 25.0 Å². The lowest BCUT2D eigenvalue weighted by Crippen LogP contribution is -2.32. The van der Waals surface area contributed by atoms with Crippen LogP contribution < -0.4 is 10.2 Å². The summed E-state index contributed by atoms with van der Waals surface area (Å²) in [4.78, 5) is 10.8. The molecule has 1 aliphatic heterocycles. The van der Waals surface area contributed by atoms with Gasteiger partial charge >= 0.3 is 0 Å². The first-order chi connectivity index (χ1) is 7.85. The molecule has 0 aromatic carbocycles. The lowest BCUT2D eigenvalue weighted by Gasteiger charge is -2.23. The first-order valence-electron chi connectivity index (χ1n) is 5.78. The van der Waals surface area contributed by atoms with Crippen LogP contribution >= 0.6 is 0 Å². The largest absolute Gasteiger partial charge is 0.394 e. The van der Waals surface area contributed by atoms with Crippen LogP contribution in [0.4, 0.5) is 11.6 Å². The highest BCUT2D eigenvalue weighted by Crippen LogP contribution is 2.23. The van der Waals surface area contributed by atoms with E-state index in [1.54, 1.807) is 12.4 Å². The number of hydrogen-bond donors (Lipinski definition) is 2. The van der Waals surface area contributed by atoms with Gasteiger partial charge in [-0.05, 0) is 19.8 Å². The third-order valence-corrected chi connectivity index (χ3v) is 2.86. The summed E-state index contributed by atoms with van der Waals surface area (Å²) in [6.07, 6.45) is 5.62. The average Bonchev–Trinajstić information content (AvgIpc) is 2.78. The molecular formula is C11H18N4O. The molecule has 2 rings (SSSR count). The van der Waals surface area contributed by atoms with E-state index >= 15 is 0 Å². The number of nitrogens with zero attached hydrogens (tertiary/aromatic N) is 3. The fourth-order valence-corrected chi connectivity index (χ4v) is 2.09. The lowest BCUT2D eigenvalue weighted by molar-refractivity contribution is 0.266. The molecule has 0 bridgehead atoms. The average molecular weight is 222 g/mol. The SMILES string of the molecule is CCNc1cncc(N2CCCC2CO)n1. The molecule has 0 radical (unpaired) electrons. The van der Waals surface area contributed by atoms with Gasteiger partial charge in [-0.3, -0.25) is 4.98 Å². The van der Waals surface area contributed by atoms with E-state index in [4.69, 9.17) is 0 Å². The van der Waals surface area contributed by atoms with Crippen molar-refractivity contribution in [1.29, 1.82) is 0 Å². The summed E-state index contributed by atoms with van der Waals surface area (Å²) in [6.45, 7) is 4.00. The number of rotatable bonds is 4. The molecule has 2 heterocycles. The van der Waals surface area contributed by atoms with Gasteiger partial charge in [-0.25, -0.2) is 4.98 Å². The molecule has 0 aliphatic carbocycles. The molecule has 2 N–H and O–H groups in total. The molecule has 0 spiro atoms. The molecule has 5 nitrogen and oxygen atoms in total. The Bertz CT molecular complexity index is 345. The highest BCUT2D eigenvalue weighted by molar-refractivity contribution is 5.45. The standard InChI is InChI=1S/C11H18N4O/c1-2-13-10-6-12-7-11(14-10)15-5-3-4-9(15)8-16/h6-7,9,16H,2-5,8H2,1H3,(H,13,14). The van der Waals surface area contributed by atoms with Gasteiger partial charge in [0.15, 0.2) is 0 Å². The monoisotopic (exact) mass is 222 g/mol. The molecule has 1 aromatic heterocycles. The number of nitrogens with one attached hydrogen (secondary N) is 1.